The Hall–Kier alpha value is -2.54. The van der Waals surface area contributed by atoms with Gasteiger partial charge >= 0.3 is 6.03 Å². The van der Waals surface area contributed by atoms with Crippen LogP contribution in [0.1, 0.15) is 69.0 Å². The second-order valence-electron chi connectivity index (χ2n) is 9.31. The molecule has 0 radical (unpaired) electrons. The highest BCUT2D eigenvalue weighted by Gasteiger charge is 2.27. The second kappa shape index (κ2) is 10.9. The third kappa shape index (κ3) is 5.26. The molecule has 1 saturated carbocycles. The van der Waals surface area contributed by atoms with E-state index in [1.165, 1.54) is 47.8 Å². The molecule has 2 aromatic rings. The Bertz CT molecular complexity index is 933. The average Bonchev–Trinajstić information content (AvgIpc) is 3.45. The van der Waals surface area contributed by atoms with Gasteiger partial charge in [-0.15, -0.1) is 0 Å². The van der Waals surface area contributed by atoms with Gasteiger partial charge in [-0.1, -0.05) is 43.9 Å². The van der Waals surface area contributed by atoms with Crippen molar-refractivity contribution in [2.45, 2.75) is 77.3 Å². The lowest BCUT2D eigenvalue weighted by atomic mass is 10.0. The maximum atomic E-state index is 12.8. The summed E-state index contributed by atoms with van der Waals surface area (Å²) in [5, 5.41) is 12.9. The van der Waals surface area contributed by atoms with E-state index in [1.807, 2.05) is 4.90 Å². The topological polar surface area (TPSA) is 86.6 Å². The number of urea groups is 1. The van der Waals surface area contributed by atoms with Gasteiger partial charge in [0.25, 0.3) is 0 Å². The van der Waals surface area contributed by atoms with Crippen LogP contribution >= 0.6 is 0 Å². The smallest absolute Gasteiger partial charge is 0.317 e. The van der Waals surface area contributed by atoms with E-state index in [9.17, 15) is 9.59 Å². The van der Waals surface area contributed by atoms with Crippen LogP contribution in [-0.2, 0) is 24.3 Å². The van der Waals surface area contributed by atoms with E-state index >= 15 is 0 Å². The quantitative estimate of drug-likeness (QED) is 0.308. The highest BCUT2D eigenvalue weighted by molar-refractivity contribution is 5.86. The van der Waals surface area contributed by atoms with Gasteiger partial charge in [-0.05, 0) is 37.7 Å². The molecule has 3 amide bonds. The molecule has 7 nitrogen and oxygen atoms in total. The fraction of sp³-hybridized carbons (Fsp3) is 0.600. The summed E-state index contributed by atoms with van der Waals surface area (Å²) in [7, 11) is 0. The van der Waals surface area contributed by atoms with Crippen molar-refractivity contribution in [1.29, 1.82) is 0 Å². The molecule has 4 rings (SSSR count). The number of benzene rings is 1. The van der Waals surface area contributed by atoms with Gasteiger partial charge in [0, 0.05) is 61.2 Å². The number of carbonyl (C=O) groups is 2. The normalized spacial score (nSPS) is 16.3. The van der Waals surface area contributed by atoms with Gasteiger partial charge < -0.3 is 14.8 Å². The van der Waals surface area contributed by atoms with Crippen molar-refractivity contribution in [2.75, 3.05) is 13.1 Å². The van der Waals surface area contributed by atoms with Crippen LogP contribution in [0.3, 0.4) is 0 Å². The molecule has 32 heavy (non-hydrogen) atoms. The molecule has 0 bridgehead atoms. The first-order valence-corrected chi connectivity index (χ1v) is 12.2. The molecule has 0 spiro atoms. The standard InChI is InChI=1S/C25H36N4O3/c30-24(27-32)13-3-1-2-8-15-26-25(31)28-16-14-23-21(18-28)20-11-6-7-12-22(20)29(23)17-19-9-4-5-10-19/h6-7,11-12,19,32H,1-5,8-10,13-18H2,(H,26,31)(H,27,30). The summed E-state index contributed by atoms with van der Waals surface area (Å²) in [6.07, 6.45) is 10.2. The minimum atomic E-state index is -0.340. The summed E-state index contributed by atoms with van der Waals surface area (Å²) < 4.78 is 2.55. The van der Waals surface area contributed by atoms with Crippen LogP contribution in [-0.4, -0.2) is 39.7 Å². The van der Waals surface area contributed by atoms with Gasteiger partial charge in [0.2, 0.25) is 5.91 Å². The van der Waals surface area contributed by atoms with Gasteiger partial charge in [-0.2, -0.15) is 0 Å². The number of hydroxylamine groups is 1. The Labute approximate surface area is 190 Å². The van der Waals surface area contributed by atoms with E-state index in [0.717, 1.165) is 51.1 Å². The predicted molar refractivity (Wildman–Crippen MR) is 124 cm³/mol. The molecule has 1 aliphatic carbocycles. The number of nitrogens with one attached hydrogen (secondary N) is 2. The molecule has 2 aliphatic rings. The summed E-state index contributed by atoms with van der Waals surface area (Å²) in [4.78, 5) is 25.7. The van der Waals surface area contributed by atoms with Gasteiger partial charge in [-0.3, -0.25) is 10.0 Å². The van der Waals surface area contributed by atoms with E-state index in [2.05, 4.69) is 34.1 Å². The number of fused-ring (bicyclic) bond motifs is 3. The first-order valence-electron chi connectivity index (χ1n) is 12.2. The number of hydrogen-bond acceptors (Lipinski definition) is 3. The lowest BCUT2D eigenvalue weighted by Crippen LogP contribution is -2.43. The predicted octanol–water partition coefficient (Wildman–Crippen LogP) is 4.36. The summed E-state index contributed by atoms with van der Waals surface area (Å²) in [5.74, 6) is 0.446. The van der Waals surface area contributed by atoms with Crippen LogP contribution in [0.4, 0.5) is 4.79 Å². The molecular weight excluding hydrogens is 404 g/mol. The van der Waals surface area contributed by atoms with Crippen molar-refractivity contribution in [3.8, 4) is 0 Å². The van der Waals surface area contributed by atoms with Crippen LogP contribution in [0.25, 0.3) is 10.9 Å². The molecule has 7 heteroatoms. The summed E-state index contributed by atoms with van der Waals surface area (Å²) in [6.45, 7) is 3.20. The summed E-state index contributed by atoms with van der Waals surface area (Å²) in [6, 6.07) is 8.68. The summed E-state index contributed by atoms with van der Waals surface area (Å²) >= 11 is 0. The van der Waals surface area contributed by atoms with E-state index < -0.39 is 0 Å². The maximum absolute atomic E-state index is 12.8. The Balaban J connectivity index is 1.31. The third-order valence-corrected chi connectivity index (χ3v) is 7.10. The van der Waals surface area contributed by atoms with Crippen molar-refractivity contribution in [3.63, 3.8) is 0 Å². The van der Waals surface area contributed by atoms with Crippen molar-refractivity contribution in [1.82, 2.24) is 20.3 Å². The zero-order valence-corrected chi connectivity index (χ0v) is 18.9. The Kier molecular flexibility index (Phi) is 7.68. The molecule has 1 aromatic carbocycles. The lowest BCUT2D eigenvalue weighted by molar-refractivity contribution is -0.129. The van der Waals surface area contributed by atoms with Crippen molar-refractivity contribution in [3.05, 3.63) is 35.5 Å². The van der Waals surface area contributed by atoms with Crippen LogP contribution in [0.5, 0.6) is 0 Å². The molecule has 174 valence electrons. The lowest BCUT2D eigenvalue weighted by Gasteiger charge is -2.29. The highest BCUT2D eigenvalue weighted by atomic mass is 16.5. The van der Waals surface area contributed by atoms with E-state index in [-0.39, 0.29) is 11.9 Å². The minimum absolute atomic E-state index is 0.0166. The van der Waals surface area contributed by atoms with Crippen LogP contribution < -0.4 is 10.8 Å². The van der Waals surface area contributed by atoms with Crippen molar-refractivity contribution >= 4 is 22.8 Å². The molecule has 1 aromatic heterocycles. The Morgan fingerprint density at radius 3 is 2.66 bits per heavy atom. The van der Waals surface area contributed by atoms with Crippen LogP contribution in [0, 0.1) is 5.92 Å². The number of nitrogens with zero attached hydrogens (tertiary/aromatic N) is 2. The van der Waals surface area contributed by atoms with E-state index in [4.69, 9.17) is 5.21 Å². The number of aromatic nitrogens is 1. The third-order valence-electron chi connectivity index (χ3n) is 7.10. The maximum Gasteiger partial charge on any atom is 0.317 e. The molecular formula is C25H36N4O3. The molecule has 3 N–H and O–H groups in total. The first-order chi connectivity index (χ1) is 15.7. The van der Waals surface area contributed by atoms with E-state index in [0.29, 0.717) is 19.5 Å². The fourth-order valence-corrected chi connectivity index (χ4v) is 5.36. The van der Waals surface area contributed by atoms with Crippen LogP contribution in [0.15, 0.2) is 24.3 Å². The average molecular weight is 441 g/mol. The molecule has 1 fully saturated rings. The number of amides is 3. The number of unbranched alkanes of at least 4 members (excludes halogenated alkanes) is 3. The van der Waals surface area contributed by atoms with Crippen molar-refractivity contribution < 1.29 is 14.8 Å². The number of para-hydroxylation sites is 1. The highest BCUT2D eigenvalue weighted by Crippen LogP contribution is 2.34. The molecule has 0 atom stereocenters. The van der Waals surface area contributed by atoms with Crippen LogP contribution in [0.2, 0.25) is 0 Å². The number of rotatable bonds is 9. The SMILES string of the molecule is O=C(CCCCCCNC(=O)N1CCc2c(c3ccccc3n2CC2CCCC2)C1)NO. The monoisotopic (exact) mass is 440 g/mol. The Morgan fingerprint density at radius 2 is 1.84 bits per heavy atom. The van der Waals surface area contributed by atoms with Gasteiger partial charge in [0.1, 0.15) is 0 Å². The minimum Gasteiger partial charge on any atom is -0.344 e. The number of hydrogen-bond donors (Lipinski definition) is 3. The molecule has 0 saturated heterocycles. The Morgan fingerprint density at radius 1 is 1.06 bits per heavy atom. The summed E-state index contributed by atoms with van der Waals surface area (Å²) in [5.41, 5.74) is 5.72. The molecule has 1 aliphatic heterocycles. The number of carbonyl (C=O) groups excluding carboxylic acids is 2. The molecule has 2 heterocycles. The largest absolute Gasteiger partial charge is 0.344 e. The fourth-order valence-electron chi connectivity index (χ4n) is 5.36. The second-order valence-corrected chi connectivity index (χ2v) is 9.31. The van der Waals surface area contributed by atoms with Gasteiger partial charge in [0.05, 0.1) is 0 Å². The van der Waals surface area contributed by atoms with Gasteiger partial charge in [-0.25, -0.2) is 10.3 Å². The first kappa shape index (κ1) is 22.6. The van der Waals surface area contributed by atoms with Crippen molar-refractivity contribution in [2.24, 2.45) is 5.92 Å². The molecule has 0 unspecified atom stereocenters. The van der Waals surface area contributed by atoms with Gasteiger partial charge in [0.15, 0.2) is 0 Å². The van der Waals surface area contributed by atoms with E-state index in [1.54, 1.807) is 5.48 Å². The zero-order chi connectivity index (χ0) is 22.3. The zero-order valence-electron chi connectivity index (χ0n) is 18.9.